The smallest absolute Gasteiger partial charge is 0.167 e. The van der Waals surface area contributed by atoms with Crippen LogP contribution in [0.4, 0.5) is 5.82 Å². The van der Waals surface area contributed by atoms with Gasteiger partial charge in [0.1, 0.15) is 17.3 Å². The quantitative estimate of drug-likeness (QED) is 0.802. The number of nitrogens with zero attached hydrogens (tertiary/aromatic N) is 5. The second kappa shape index (κ2) is 5.45. The second-order valence-electron chi connectivity index (χ2n) is 5.30. The third-order valence-electron chi connectivity index (χ3n) is 3.65. The van der Waals surface area contributed by atoms with E-state index in [2.05, 4.69) is 26.6 Å². The van der Waals surface area contributed by atoms with Crippen LogP contribution in [0.25, 0.3) is 5.65 Å². The Morgan fingerprint density at radius 2 is 2.00 bits per heavy atom. The van der Waals surface area contributed by atoms with E-state index in [9.17, 15) is 5.26 Å². The van der Waals surface area contributed by atoms with Crippen molar-refractivity contribution in [2.75, 3.05) is 5.32 Å². The molecule has 110 valence electrons. The Balaban J connectivity index is 1.85. The van der Waals surface area contributed by atoms with Crippen molar-refractivity contribution in [3.05, 3.63) is 52.6 Å². The van der Waals surface area contributed by atoms with Gasteiger partial charge in [0.2, 0.25) is 0 Å². The molecule has 0 bridgehead atoms. The van der Waals surface area contributed by atoms with E-state index in [1.54, 1.807) is 0 Å². The first kappa shape index (κ1) is 14.0. The summed E-state index contributed by atoms with van der Waals surface area (Å²) in [6.07, 6.45) is 4.00. The van der Waals surface area contributed by atoms with Gasteiger partial charge in [-0.3, -0.25) is 0 Å². The standard InChI is InChI=1S/C16H16N6/c1-10-4-5-15-19-13(9-22(15)8-10)7-18-16-14(6-17)11(2)12(3)20-21-16/h4-5,8-9H,7H2,1-3H3,(H,18,21). The molecule has 3 rings (SSSR count). The summed E-state index contributed by atoms with van der Waals surface area (Å²) in [4.78, 5) is 4.53. The summed E-state index contributed by atoms with van der Waals surface area (Å²) in [6, 6.07) is 6.20. The van der Waals surface area contributed by atoms with Crippen LogP contribution < -0.4 is 5.32 Å². The highest BCUT2D eigenvalue weighted by Gasteiger charge is 2.11. The van der Waals surface area contributed by atoms with Gasteiger partial charge < -0.3 is 9.72 Å². The van der Waals surface area contributed by atoms with E-state index >= 15 is 0 Å². The lowest BCUT2D eigenvalue weighted by Gasteiger charge is -2.08. The molecule has 0 atom stereocenters. The number of fused-ring (bicyclic) bond motifs is 1. The van der Waals surface area contributed by atoms with Gasteiger partial charge >= 0.3 is 0 Å². The molecule has 3 heterocycles. The number of anilines is 1. The lowest BCUT2D eigenvalue weighted by molar-refractivity contribution is 0.935. The number of imidazole rings is 1. The van der Waals surface area contributed by atoms with E-state index in [1.165, 1.54) is 5.56 Å². The van der Waals surface area contributed by atoms with Gasteiger partial charge in [-0.1, -0.05) is 6.07 Å². The first-order valence-corrected chi connectivity index (χ1v) is 7.00. The van der Waals surface area contributed by atoms with Crippen LogP contribution in [-0.4, -0.2) is 19.6 Å². The maximum absolute atomic E-state index is 9.29. The molecule has 22 heavy (non-hydrogen) atoms. The van der Waals surface area contributed by atoms with Gasteiger partial charge in [-0.25, -0.2) is 4.98 Å². The number of pyridine rings is 1. The number of hydrogen-bond donors (Lipinski definition) is 1. The van der Waals surface area contributed by atoms with Gasteiger partial charge in [-0.15, -0.1) is 5.10 Å². The predicted octanol–water partition coefficient (Wildman–Crippen LogP) is 2.53. The van der Waals surface area contributed by atoms with Crippen LogP contribution in [-0.2, 0) is 6.54 Å². The van der Waals surface area contributed by atoms with Crippen molar-refractivity contribution < 1.29 is 0 Å². The van der Waals surface area contributed by atoms with E-state index in [-0.39, 0.29) is 0 Å². The lowest BCUT2D eigenvalue weighted by Crippen LogP contribution is -2.07. The fraction of sp³-hybridized carbons (Fsp3) is 0.250. The molecule has 6 nitrogen and oxygen atoms in total. The SMILES string of the molecule is Cc1ccc2nc(CNc3nnc(C)c(C)c3C#N)cn2c1. The van der Waals surface area contributed by atoms with Crippen molar-refractivity contribution in [2.45, 2.75) is 27.3 Å². The van der Waals surface area contributed by atoms with Crippen LogP contribution in [0.3, 0.4) is 0 Å². The average Bonchev–Trinajstić information content (AvgIpc) is 2.90. The molecule has 1 N–H and O–H groups in total. The van der Waals surface area contributed by atoms with Crippen LogP contribution in [0.15, 0.2) is 24.5 Å². The molecule has 6 heteroatoms. The zero-order valence-corrected chi connectivity index (χ0v) is 12.8. The third kappa shape index (κ3) is 2.49. The molecular formula is C16H16N6. The molecule has 0 saturated carbocycles. The van der Waals surface area contributed by atoms with Crippen molar-refractivity contribution in [3.8, 4) is 6.07 Å². The van der Waals surface area contributed by atoms with Gasteiger partial charge in [-0.05, 0) is 38.0 Å². The predicted molar refractivity (Wildman–Crippen MR) is 83.5 cm³/mol. The maximum atomic E-state index is 9.29. The molecule has 0 unspecified atom stereocenters. The van der Waals surface area contributed by atoms with E-state index in [4.69, 9.17) is 0 Å². The Hall–Kier alpha value is -2.94. The summed E-state index contributed by atoms with van der Waals surface area (Å²) in [6.45, 7) is 6.26. The number of nitriles is 1. The van der Waals surface area contributed by atoms with E-state index in [0.29, 0.717) is 17.9 Å². The summed E-state index contributed by atoms with van der Waals surface area (Å²) >= 11 is 0. The Morgan fingerprint density at radius 3 is 2.77 bits per heavy atom. The minimum Gasteiger partial charge on any atom is -0.362 e. The van der Waals surface area contributed by atoms with Gasteiger partial charge in [0.25, 0.3) is 0 Å². The number of rotatable bonds is 3. The molecule has 0 aromatic carbocycles. The fourth-order valence-electron chi connectivity index (χ4n) is 2.28. The molecule has 0 aliphatic heterocycles. The fourth-order valence-corrected chi connectivity index (χ4v) is 2.28. The highest BCUT2D eigenvalue weighted by atomic mass is 15.2. The van der Waals surface area contributed by atoms with Crippen molar-refractivity contribution >= 4 is 11.5 Å². The van der Waals surface area contributed by atoms with Crippen LogP contribution in [0.1, 0.15) is 28.1 Å². The minimum atomic E-state index is 0.493. The zero-order valence-electron chi connectivity index (χ0n) is 12.8. The van der Waals surface area contributed by atoms with E-state index in [1.807, 2.05) is 49.7 Å². The van der Waals surface area contributed by atoms with Crippen LogP contribution in [0.2, 0.25) is 0 Å². The van der Waals surface area contributed by atoms with Crippen LogP contribution >= 0.6 is 0 Å². The Bertz CT molecular complexity index is 888. The average molecular weight is 292 g/mol. The first-order chi connectivity index (χ1) is 10.6. The van der Waals surface area contributed by atoms with Crippen molar-refractivity contribution in [1.29, 1.82) is 5.26 Å². The summed E-state index contributed by atoms with van der Waals surface area (Å²) in [7, 11) is 0. The largest absolute Gasteiger partial charge is 0.362 e. The second-order valence-corrected chi connectivity index (χ2v) is 5.30. The lowest BCUT2D eigenvalue weighted by atomic mass is 10.1. The van der Waals surface area contributed by atoms with Crippen LogP contribution in [0, 0.1) is 32.1 Å². The van der Waals surface area contributed by atoms with Gasteiger partial charge in [-0.2, -0.15) is 10.4 Å². The van der Waals surface area contributed by atoms with Gasteiger partial charge in [0.05, 0.1) is 17.9 Å². The van der Waals surface area contributed by atoms with Gasteiger partial charge in [0.15, 0.2) is 5.82 Å². The molecule has 3 aromatic rings. The van der Waals surface area contributed by atoms with Crippen molar-refractivity contribution in [2.24, 2.45) is 0 Å². The normalized spacial score (nSPS) is 10.6. The van der Waals surface area contributed by atoms with E-state index < -0.39 is 0 Å². The molecular weight excluding hydrogens is 276 g/mol. The van der Waals surface area contributed by atoms with Crippen LogP contribution in [0.5, 0.6) is 0 Å². The molecule has 0 saturated heterocycles. The summed E-state index contributed by atoms with van der Waals surface area (Å²) in [5.41, 5.74) is 5.11. The highest BCUT2D eigenvalue weighted by molar-refractivity contribution is 5.56. The highest BCUT2D eigenvalue weighted by Crippen LogP contribution is 2.18. The topological polar surface area (TPSA) is 78.9 Å². The molecule has 0 amide bonds. The maximum Gasteiger partial charge on any atom is 0.167 e. The third-order valence-corrected chi connectivity index (χ3v) is 3.65. The number of aryl methyl sites for hydroxylation is 2. The Morgan fingerprint density at radius 1 is 1.18 bits per heavy atom. The van der Waals surface area contributed by atoms with Crippen molar-refractivity contribution in [1.82, 2.24) is 19.6 Å². The molecule has 3 aromatic heterocycles. The molecule has 0 aliphatic carbocycles. The summed E-state index contributed by atoms with van der Waals surface area (Å²) in [5.74, 6) is 0.499. The number of nitrogens with one attached hydrogen (secondary N) is 1. The Labute approximate surface area is 128 Å². The zero-order chi connectivity index (χ0) is 15.7. The number of aromatic nitrogens is 4. The van der Waals surface area contributed by atoms with Gasteiger partial charge in [0, 0.05) is 12.4 Å². The molecule has 0 spiro atoms. The molecule has 0 radical (unpaired) electrons. The molecule has 0 fully saturated rings. The minimum absolute atomic E-state index is 0.493. The number of hydrogen-bond acceptors (Lipinski definition) is 5. The van der Waals surface area contributed by atoms with E-state index in [0.717, 1.165) is 22.6 Å². The molecule has 0 aliphatic rings. The first-order valence-electron chi connectivity index (χ1n) is 7.00. The van der Waals surface area contributed by atoms with Crippen molar-refractivity contribution in [3.63, 3.8) is 0 Å². The monoisotopic (exact) mass is 292 g/mol. The summed E-state index contributed by atoms with van der Waals surface area (Å²) in [5, 5.41) is 20.6. The summed E-state index contributed by atoms with van der Waals surface area (Å²) < 4.78 is 1.99. The Kier molecular flexibility index (Phi) is 3.47.